The van der Waals surface area contributed by atoms with Gasteiger partial charge in [-0.15, -0.1) is 11.3 Å². The Bertz CT molecular complexity index is 811. The molecule has 0 aliphatic heterocycles. The summed E-state index contributed by atoms with van der Waals surface area (Å²) in [6.45, 7) is 0. The molecule has 0 aliphatic rings. The number of hydrazone groups is 1. The van der Waals surface area contributed by atoms with Crippen LogP contribution >= 0.6 is 34.7 Å². The standard InChI is InChI=1S/C16H11ClN2O2S2/c17-11-3-6-13(7-4-11)23-15-8-5-12(21-15)10-18-19-16(20)14-2-1-9-22-14/h1-10H,(H,19,20)/b18-10+. The van der Waals surface area contributed by atoms with Crippen molar-refractivity contribution in [2.45, 2.75) is 9.99 Å². The number of rotatable bonds is 5. The van der Waals surface area contributed by atoms with Gasteiger partial charge in [0.25, 0.3) is 5.91 Å². The van der Waals surface area contributed by atoms with Gasteiger partial charge in [0, 0.05) is 9.92 Å². The van der Waals surface area contributed by atoms with E-state index in [1.807, 2.05) is 41.8 Å². The number of nitrogens with one attached hydrogen (secondary N) is 1. The van der Waals surface area contributed by atoms with Crippen molar-refractivity contribution >= 4 is 46.8 Å². The normalized spacial score (nSPS) is 11.0. The Balaban J connectivity index is 1.57. The first-order valence-corrected chi connectivity index (χ1v) is 8.68. The molecule has 23 heavy (non-hydrogen) atoms. The molecule has 2 heterocycles. The van der Waals surface area contributed by atoms with Gasteiger partial charge in [-0.05, 0) is 47.8 Å². The summed E-state index contributed by atoms with van der Waals surface area (Å²) in [6, 6.07) is 14.7. The van der Waals surface area contributed by atoms with E-state index in [2.05, 4.69) is 10.5 Å². The molecule has 2 aromatic heterocycles. The third-order valence-corrected chi connectivity index (χ3v) is 4.79. The van der Waals surface area contributed by atoms with E-state index in [1.165, 1.54) is 29.3 Å². The van der Waals surface area contributed by atoms with Gasteiger partial charge in [-0.3, -0.25) is 4.79 Å². The number of halogens is 1. The lowest BCUT2D eigenvalue weighted by Crippen LogP contribution is -2.15. The molecular weight excluding hydrogens is 352 g/mol. The minimum atomic E-state index is -0.237. The number of carbonyl (C=O) groups excluding carboxylic acids is 1. The van der Waals surface area contributed by atoms with Crippen molar-refractivity contribution < 1.29 is 9.21 Å². The topological polar surface area (TPSA) is 54.6 Å². The molecule has 0 atom stereocenters. The van der Waals surface area contributed by atoms with Crippen molar-refractivity contribution in [3.63, 3.8) is 0 Å². The van der Waals surface area contributed by atoms with Crippen molar-refractivity contribution in [3.8, 4) is 0 Å². The fraction of sp³-hybridized carbons (Fsp3) is 0. The Hall–Kier alpha value is -2.02. The minimum Gasteiger partial charge on any atom is -0.448 e. The van der Waals surface area contributed by atoms with Crippen LogP contribution in [0.5, 0.6) is 0 Å². The number of amides is 1. The predicted molar refractivity (Wildman–Crippen MR) is 93.7 cm³/mol. The van der Waals surface area contributed by atoms with Crippen molar-refractivity contribution in [1.82, 2.24) is 5.43 Å². The molecule has 0 spiro atoms. The summed E-state index contributed by atoms with van der Waals surface area (Å²) >= 11 is 8.70. The maximum atomic E-state index is 11.7. The second-order valence-corrected chi connectivity index (χ2v) is 6.85. The largest absolute Gasteiger partial charge is 0.448 e. The molecule has 3 aromatic rings. The second kappa shape index (κ2) is 7.50. The van der Waals surface area contributed by atoms with Gasteiger partial charge in [0.1, 0.15) is 5.76 Å². The molecule has 1 amide bonds. The third kappa shape index (κ3) is 4.48. The number of furan rings is 1. The van der Waals surface area contributed by atoms with Gasteiger partial charge in [-0.2, -0.15) is 5.10 Å². The highest BCUT2D eigenvalue weighted by atomic mass is 35.5. The fourth-order valence-electron chi connectivity index (χ4n) is 1.69. The van der Waals surface area contributed by atoms with Crippen molar-refractivity contribution in [2.75, 3.05) is 0 Å². The first kappa shape index (κ1) is 15.9. The van der Waals surface area contributed by atoms with Crippen LogP contribution in [0.3, 0.4) is 0 Å². The second-order valence-electron chi connectivity index (χ2n) is 4.39. The Morgan fingerprint density at radius 1 is 1.22 bits per heavy atom. The number of nitrogens with zero attached hydrogens (tertiary/aromatic N) is 1. The quantitative estimate of drug-likeness (QED) is 0.518. The summed E-state index contributed by atoms with van der Waals surface area (Å²) in [7, 11) is 0. The lowest BCUT2D eigenvalue weighted by molar-refractivity contribution is 0.0959. The van der Waals surface area contributed by atoms with Crippen LogP contribution in [0.4, 0.5) is 0 Å². The molecule has 0 saturated carbocycles. The zero-order valence-electron chi connectivity index (χ0n) is 11.7. The van der Waals surface area contributed by atoms with E-state index in [4.69, 9.17) is 16.0 Å². The molecule has 0 fully saturated rings. The van der Waals surface area contributed by atoms with Crippen molar-refractivity contribution in [1.29, 1.82) is 0 Å². The molecule has 1 aromatic carbocycles. The molecule has 0 unspecified atom stereocenters. The Morgan fingerprint density at radius 2 is 2.04 bits per heavy atom. The Kier molecular flexibility index (Phi) is 5.17. The molecule has 0 radical (unpaired) electrons. The van der Waals surface area contributed by atoms with Gasteiger partial charge in [0.2, 0.25) is 0 Å². The number of hydrogen-bond donors (Lipinski definition) is 1. The van der Waals surface area contributed by atoms with Crippen LogP contribution < -0.4 is 5.43 Å². The average Bonchev–Trinajstić information content (AvgIpc) is 3.21. The Labute approximate surface area is 146 Å². The highest BCUT2D eigenvalue weighted by molar-refractivity contribution is 7.99. The molecule has 7 heteroatoms. The van der Waals surface area contributed by atoms with Crippen LogP contribution in [0.2, 0.25) is 5.02 Å². The van der Waals surface area contributed by atoms with Crippen LogP contribution in [0.15, 0.2) is 73.4 Å². The monoisotopic (exact) mass is 362 g/mol. The van der Waals surface area contributed by atoms with E-state index in [0.717, 1.165) is 9.99 Å². The molecular formula is C16H11ClN2O2S2. The molecule has 116 valence electrons. The van der Waals surface area contributed by atoms with Crippen molar-refractivity contribution in [3.05, 3.63) is 69.6 Å². The molecule has 3 rings (SSSR count). The average molecular weight is 363 g/mol. The molecule has 0 aliphatic carbocycles. The molecule has 1 N–H and O–H groups in total. The fourth-order valence-corrected chi connectivity index (χ4v) is 3.21. The van der Waals surface area contributed by atoms with E-state index in [-0.39, 0.29) is 5.91 Å². The lowest BCUT2D eigenvalue weighted by Gasteiger charge is -1.97. The SMILES string of the molecule is O=C(N/N=C/c1ccc(Sc2ccc(Cl)cc2)o1)c1cccs1. The van der Waals surface area contributed by atoms with Crippen LogP contribution in [0.25, 0.3) is 0 Å². The zero-order valence-corrected chi connectivity index (χ0v) is 14.1. The van der Waals surface area contributed by atoms with Gasteiger partial charge < -0.3 is 4.42 Å². The van der Waals surface area contributed by atoms with Crippen molar-refractivity contribution in [2.24, 2.45) is 5.10 Å². The highest BCUT2D eigenvalue weighted by Crippen LogP contribution is 2.29. The van der Waals surface area contributed by atoms with E-state index < -0.39 is 0 Å². The first-order valence-electron chi connectivity index (χ1n) is 6.61. The van der Waals surface area contributed by atoms with E-state index >= 15 is 0 Å². The lowest BCUT2D eigenvalue weighted by atomic mass is 10.4. The summed E-state index contributed by atoms with van der Waals surface area (Å²) in [4.78, 5) is 13.3. The molecule has 0 saturated heterocycles. The van der Waals surface area contributed by atoms with Gasteiger partial charge in [-0.25, -0.2) is 5.43 Å². The number of hydrogen-bond acceptors (Lipinski definition) is 5. The maximum Gasteiger partial charge on any atom is 0.281 e. The predicted octanol–water partition coefficient (Wildman–Crippen LogP) is 4.91. The summed E-state index contributed by atoms with van der Waals surface area (Å²) in [6.07, 6.45) is 1.47. The summed E-state index contributed by atoms with van der Waals surface area (Å²) in [5.74, 6) is 0.325. The van der Waals surface area contributed by atoms with E-state index in [1.54, 1.807) is 12.1 Å². The van der Waals surface area contributed by atoms with Gasteiger partial charge >= 0.3 is 0 Å². The minimum absolute atomic E-state index is 0.237. The van der Waals surface area contributed by atoms with E-state index in [9.17, 15) is 4.79 Å². The van der Waals surface area contributed by atoms with Crippen LogP contribution in [0, 0.1) is 0 Å². The van der Waals surface area contributed by atoms with Crippen LogP contribution in [0.1, 0.15) is 15.4 Å². The van der Waals surface area contributed by atoms with Crippen LogP contribution in [-0.2, 0) is 0 Å². The number of carbonyl (C=O) groups is 1. The van der Waals surface area contributed by atoms with Crippen LogP contribution in [-0.4, -0.2) is 12.1 Å². The summed E-state index contributed by atoms with van der Waals surface area (Å²) < 4.78 is 5.62. The summed E-state index contributed by atoms with van der Waals surface area (Å²) in [5, 5.41) is 7.16. The van der Waals surface area contributed by atoms with Gasteiger partial charge in [0.05, 0.1) is 11.1 Å². The summed E-state index contributed by atoms with van der Waals surface area (Å²) in [5.41, 5.74) is 2.46. The smallest absolute Gasteiger partial charge is 0.281 e. The first-order chi connectivity index (χ1) is 11.2. The zero-order chi connectivity index (χ0) is 16.1. The van der Waals surface area contributed by atoms with E-state index in [0.29, 0.717) is 15.7 Å². The van der Waals surface area contributed by atoms with Gasteiger partial charge in [0.15, 0.2) is 5.09 Å². The maximum absolute atomic E-state index is 11.7. The number of benzene rings is 1. The molecule has 4 nitrogen and oxygen atoms in total. The Morgan fingerprint density at radius 3 is 2.78 bits per heavy atom. The molecule has 0 bridgehead atoms. The number of thiophene rings is 1. The third-order valence-electron chi connectivity index (χ3n) is 2.74. The highest BCUT2D eigenvalue weighted by Gasteiger charge is 2.05. The van der Waals surface area contributed by atoms with Gasteiger partial charge in [-0.1, -0.05) is 29.4 Å².